The van der Waals surface area contributed by atoms with E-state index in [1.807, 2.05) is 98.3 Å². The molecule has 7 heteroatoms. The molecule has 0 unspecified atom stereocenters. The third-order valence-corrected chi connectivity index (χ3v) is 7.60. The number of para-hydroxylation sites is 3. The summed E-state index contributed by atoms with van der Waals surface area (Å²) in [7, 11) is 1.34. The van der Waals surface area contributed by atoms with Crippen LogP contribution < -0.4 is 5.32 Å². The molecular formula is C31H28N4O3. The van der Waals surface area contributed by atoms with Gasteiger partial charge in [0.05, 0.1) is 7.11 Å². The van der Waals surface area contributed by atoms with Crippen LogP contribution in [0.5, 0.6) is 0 Å². The first-order chi connectivity index (χ1) is 18.5. The normalized spacial score (nSPS) is 12.7. The monoisotopic (exact) mass is 504 g/mol. The van der Waals surface area contributed by atoms with Gasteiger partial charge in [0.2, 0.25) is 5.91 Å². The number of methoxy groups -OCH3 is 1. The maximum absolute atomic E-state index is 14.4. The summed E-state index contributed by atoms with van der Waals surface area (Å²) in [5.74, 6) is -0.786. The summed E-state index contributed by atoms with van der Waals surface area (Å²) >= 11 is 0. The number of H-pyrrole nitrogens is 3. The van der Waals surface area contributed by atoms with Crippen molar-refractivity contribution in [2.75, 3.05) is 7.11 Å². The van der Waals surface area contributed by atoms with Gasteiger partial charge in [0.15, 0.2) is 0 Å². The number of aromatic amines is 3. The fourth-order valence-corrected chi connectivity index (χ4v) is 5.52. The first-order valence-corrected chi connectivity index (χ1v) is 12.6. The zero-order chi connectivity index (χ0) is 26.3. The molecule has 3 aromatic heterocycles. The number of nitrogens with one attached hydrogen (secondary N) is 4. The molecule has 0 aliphatic carbocycles. The second-order valence-corrected chi connectivity index (χ2v) is 9.73. The van der Waals surface area contributed by atoms with Crippen molar-refractivity contribution in [3.8, 4) is 0 Å². The van der Waals surface area contributed by atoms with Crippen molar-refractivity contribution in [3.63, 3.8) is 0 Å². The Hall–Kier alpha value is -4.78. The van der Waals surface area contributed by atoms with Crippen LogP contribution in [0.15, 0.2) is 91.4 Å². The largest absolute Gasteiger partial charge is 0.467 e. The average Bonchev–Trinajstić information content (AvgIpc) is 3.69. The van der Waals surface area contributed by atoms with Crippen molar-refractivity contribution in [2.45, 2.75) is 24.8 Å². The number of ether oxygens (including phenoxy) is 1. The van der Waals surface area contributed by atoms with E-state index in [1.165, 1.54) is 7.11 Å². The van der Waals surface area contributed by atoms with Gasteiger partial charge in [-0.3, -0.25) is 4.79 Å². The molecule has 190 valence electrons. The minimum absolute atomic E-state index is 0.290. The third-order valence-electron chi connectivity index (χ3n) is 7.60. The van der Waals surface area contributed by atoms with Crippen molar-refractivity contribution in [2.24, 2.45) is 0 Å². The van der Waals surface area contributed by atoms with Crippen LogP contribution in [0.2, 0.25) is 0 Å². The standard InChI is InChI=1S/C31H28N4O3/c1-31(23-17-33-26-13-7-4-10-21(23)26,24-18-34-27-14-8-5-11-22(24)27)30(37)35-28(29(36)38-2)15-19-16-32-25-12-6-3-9-20(19)25/h3-14,16-18,28,32-34H,15H2,1-2H3,(H,35,37)/t28-/m0/s1. The molecule has 6 aromatic rings. The van der Waals surface area contributed by atoms with E-state index < -0.39 is 17.4 Å². The molecule has 1 atom stereocenters. The molecule has 1 amide bonds. The fourth-order valence-electron chi connectivity index (χ4n) is 5.52. The lowest BCUT2D eigenvalue weighted by atomic mass is 9.75. The Morgan fingerprint density at radius 3 is 1.79 bits per heavy atom. The predicted molar refractivity (Wildman–Crippen MR) is 149 cm³/mol. The minimum atomic E-state index is -1.12. The van der Waals surface area contributed by atoms with Crippen LogP contribution in [0, 0.1) is 0 Å². The Kier molecular flexibility index (Phi) is 5.76. The van der Waals surface area contributed by atoms with E-state index in [0.29, 0.717) is 6.42 Å². The summed E-state index contributed by atoms with van der Waals surface area (Å²) in [6.45, 7) is 1.91. The van der Waals surface area contributed by atoms with Crippen LogP contribution in [0.25, 0.3) is 32.7 Å². The Bertz CT molecular complexity index is 1720. The van der Waals surface area contributed by atoms with E-state index in [1.54, 1.807) is 0 Å². The van der Waals surface area contributed by atoms with Crippen LogP contribution in [-0.2, 0) is 26.2 Å². The lowest BCUT2D eigenvalue weighted by Crippen LogP contribution is -2.51. The lowest BCUT2D eigenvalue weighted by molar-refractivity contribution is -0.145. The van der Waals surface area contributed by atoms with Crippen LogP contribution >= 0.6 is 0 Å². The third kappa shape index (κ3) is 3.75. The van der Waals surface area contributed by atoms with E-state index in [9.17, 15) is 9.59 Å². The fraction of sp³-hybridized carbons (Fsp3) is 0.161. The number of amides is 1. The molecule has 0 aliphatic heterocycles. The maximum atomic E-state index is 14.4. The molecule has 0 spiro atoms. The van der Waals surface area contributed by atoms with Gasteiger partial charge in [-0.15, -0.1) is 0 Å². The zero-order valence-corrected chi connectivity index (χ0v) is 21.2. The van der Waals surface area contributed by atoms with Gasteiger partial charge in [-0.05, 0) is 41.8 Å². The van der Waals surface area contributed by atoms with Gasteiger partial charge in [-0.1, -0.05) is 54.6 Å². The highest BCUT2D eigenvalue weighted by Crippen LogP contribution is 2.40. The van der Waals surface area contributed by atoms with Crippen molar-refractivity contribution < 1.29 is 14.3 Å². The molecule has 0 saturated heterocycles. The Labute approximate surface area is 219 Å². The first-order valence-electron chi connectivity index (χ1n) is 12.6. The second-order valence-electron chi connectivity index (χ2n) is 9.73. The number of hydrogen-bond donors (Lipinski definition) is 4. The van der Waals surface area contributed by atoms with E-state index in [-0.39, 0.29) is 5.91 Å². The highest BCUT2D eigenvalue weighted by atomic mass is 16.5. The summed E-state index contributed by atoms with van der Waals surface area (Å²) in [5, 5.41) is 5.96. The number of aromatic nitrogens is 3. The van der Waals surface area contributed by atoms with E-state index >= 15 is 0 Å². The molecule has 3 heterocycles. The lowest BCUT2D eigenvalue weighted by Gasteiger charge is -2.30. The van der Waals surface area contributed by atoms with Gasteiger partial charge < -0.3 is 25.0 Å². The quantitative estimate of drug-likeness (QED) is 0.221. The SMILES string of the molecule is COC(=O)[C@H](Cc1c[nH]c2ccccc12)NC(=O)C(C)(c1c[nH]c2ccccc12)c1c[nH]c2ccccc12. The summed E-state index contributed by atoms with van der Waals surface area (Å²) in [6, 6.07) is 22.8. The molecule has 6 rings (SSSR count). The Morgan fingerprint density at radius 2 is 1.24 bits per heavy atom. The zero-order valence-electron chi connectivity index (χ0n) is 21.2. The van der Waals surface area contributed by atoms with Crippen molar-refractivity contribution >= 4 is 44.6 Å². The number of carbonyl (C=O) groups excluding carboxylic acids is 2. The van der Waals surface area contributed by atoms with Crippen molar-refractivity contribution in [1.29, 1.82) is 0 Å². The van der Waals surface area contributed by atoms with Gasteiger partial charge >= 0.3 is 5.97 Å². The van der Waals surface area contributed by atoms with Gasteiger partial charge in [-0.2, -0.15) is 0 Å². The van der Waals surface area contributed by atoms with Gasteiger partial charge in [0, 0.05) is 57.7 Å². The van der Waals surface area contributed by atoms with Gasteiger partial charge in [0.1, 0.15) is 11.5 Å². The smallest absolute Gasteiger partial charge is 0.328 e. The Morgan fingerprint density at radius 1 is 0.763 bits per heavy atom. The number of carbonyl (C=O) groups is 2. The molecule has 0 bridgehead atoms. The molecule has 0 fully saturated rings. The molecule has 7 nitrogen and oxygen atoms in total. The van der Waals surface area contributed by atoms with Crippen LogP contribution in [-0.4, -0.2) is 40.0 Å². The second kappa shape index (κ2) is 9.27. The summed E-state index contributed by atoms with van der Waals surface area (Å²) < 4.78 is 5.13. The summed E-state index contributed by atoms with van der Waals surface area (Å²) in [5.41, 5.74) is 4.30. The predicted octanol–water partition coefficient (Wildman–Crippen LogP) is 5.34. The number of rotatable bonds is 7. The number of fused-ring (bicyclic) bond motifs is 3. The van der Waals surface area contributed by atoms with E-state index in [0.717, 1.165) is 49.4 Å². The average molecular weight is 505 g/mol. The van der Waals surface area contributed by atoms with Crippen LogP contribution in [0.4, 0.5) is 0 Å². The molecule has 0 saturated carbocycles. The molecule has 3 aromatic carbocycles. The molecular weight excluding hydrogens is 476 g/mol. The number of esters is 1. The van der Waals surface area contributed by atoms with Crippen LogP contribution in [0.3, 0.4) is 0 Å². The van der Waals surface area contributed by atoms with Gasteiger partial charge in [0.25, 0.3) is 0 Å². The van der Waals surface area contributed by atoms with E-state index in [2.05, 4.69) is 20.3 Å². The molecule has 4 N–H and O–H groups in total. The Balaban J connectivity index is 1.45. The van der Waals surface area contributed by atoms with E-state index in [4.69, 9.17) is 4.74 Å². The minimum Gasteiger partial charge on any atom is -0.467 e. The topological polar surface area (TPSA) is 103 Å². The number of hydrogen-bond acceptors (Lipinski definition) is 3. The number of benzene rings is 3. The first kappa shape index (κ1) is 23.6. The van der Waals surface area contributed by atoms with Gasteiger partial charge in [-0.25, -0.2) is 4.79 Å². The van der Waals surface area contributed by atoms with Crippen molar-refractivity contribution in [1.82, 2.24) is 20.3 Å². The molecule has 0 aliphatic rings. The summed E-state index contributed by atoms with van der Waals surface area (Å²) in [6.07, 6.45) is 5.95. The highest BCUT2D eigenvalue weighted by Gasteiger charge is 2.42. The molecule has 38 heavy (non-hydrogen) atoms. The maximum Gasteiger partial charge on any atom is 0.328 e. The summed E-state index contributed by atoms with van der Waals surface area (Å²) in [4.78, 5) is 37.3. The molecule has 0 radical (unpaired) electrons. The highest BCUT2D eigenvalue weighted by molar-refractivity contribution is 6.03. The van der Waals surface area contributed by atoms with Crippen LogP contribution in [0.1, 0.15) is 23.6 Å². The van der Waals surface area contributed by atoms with Crippen molar-refractivity contribution in [3.05, 3.63) is 108 Å².